The van der Waals surface area contributed by atoms with Gasteiger partial charge in [-0.2, -0.15) is 0 Å². The summed E-state index contributed by atoms with van der Waals surface area (Å²) in [5, 5.41) is 10.3. The second kappa shape index (κ2) is 3.01. The number of aromatic nitrogens is 4. The lowest BCUT2D eigenvalue weighted by Crippen LogP contribution is -1.92. The van der Waals surface area contributed by atoms with E-state index in [4.69, 9.17) is 0 Å². The van der Waals surface area contributed by atoms with Crippen LogP contribution in [0.5, 0.6) is 0 Å². The standard InChI is InChI=1S/C13H8N4/c1-2-9-3-4-10-5-6-11-8-15-16-17(11)13(10)12(9)14-7-1/h1-8H. The van der Waals surface area contributed by atoms with E-state index in [9.17, 15) is 0 Å². The first-order valence-corrected chi connectivity index (χ1v) is 5.40. The van der Waals surface area contributed by atoms with Crippen LogP contribution in [0.15, 0.2) is 48.8 Å². The van der Waals surface area contributed by atoms with Crippen molar-refractivity contribution in [3.8, 4) is 0 Å². The van der Waals surface area contributed by atoms with Crippen molar-refractivity contribution in [3.05, 3.63) is 48.8 Å². The van der Waals surface area contributed by atoms with Gasteiger partial charge in [0.05, 0.1) is 17.2 Å². The fourth-order valence-corrected chi connectivity index (χ4v) is 2.21. The molecule has 0 aliphatic heterocycles. The van der Waals surface area contributed by atoms with Crippen molar-refractivity contribution in [1.82, 2.24) is 19.8 Å². The third kappa shape index (κ3) is 1.09. The molecular formula is C13H8N4. The van der Waals surface area contributed by atoms with Gasteiger partial charge in [0.15, 0.2) is 0 Å². The zero-order valence-corrected chi connectivity index (χ0v) is 8.91. The van der Waals surface area contributed by atoms with Gasteiger partial charge in [0.1, 0.15) is 5.52 Å². The second-order valence-corrected chi connectivity index (χ2v) is 3.98. The largest absolute Gasteiger partial charge is 0.254 e. The Balaban J connectivity index is 2.41. The van der Waals surface area contributed by atoms with Gasteiger partial charge in [-0.1, -0.05) is 29.5 Å². The molecule has 0 saturated carbocycles. The first-order chi connectivity index (χ1) is 8.43. The van der Waals surface area contributed by atoms with E-state index < -0.39 is 0 Å². The quantitative estimate of drug-likeness (QED) is 0.427. The van der Waals surface area contributed by atoms with Gasteiger partial charge in [0.2, 0.25) is 0 Å². The van der Waals surface area contributed by atoms with Crippen molar-refractivity contribution in [3.63, 3.8) is 0 Å². The van der Waals surface area contributed by atoms with Crippen molar-refractivity contribution in [1.29, 1.82) is 0 Å². The number of nitrogens with zero attached hydrogens (tertiary/aromatic N) is 4. The normalized spacial score (nSPS) is 11.5. The maximum Gasteiger partial charge on any atom is 0.100 e. The first-order valence-electron chi connectivity index (χ1n) is 5.40. The highest BCUT2D eigenvalue weighted by Gasteiger charge is 2.06. The Bertz CT molecular complexity index is 848. The summed E-state index contributed by atoms with van der Waals surface area (Å²) in [4.78, 5) is 4.45. The van der Waals surface area contributed by atoms with E-state index in [0.717, 1.165) is 27.3 Å². The molecule has 0 bridgehead atoms. The Morgan fingerprint density at radius 3 is 2.82 bits per heavy atom. The topological polar surface area (TPSA) is 43.1 Å². The van der Waals surface area contributed by atoms with E-state index in [1.54, 1.807) is 12.4 Å². The number of hydrogen-bond acceptors (Lipinski definition) is 3. The smallest absolute Gasteiger partial charge is 0.100 e. The SMILES string of the molecule is c1cnc2c(c1)ccc1ccc3cnnn3c12. The summed E-state index contributed by atoms with van der Waals surface area (Å²) < 4.78 is 1.84. The summed E-state index contributed by atoms with van der Waals surface area (Å²) in [6.07, 6.45) is 3.55. The van der Waals surface area contributed by atoms with Gasteiger partial charge in [0, 0.05) is 17.0 Å². The van der Waals surface area contributed by atoms with Crippen molar-refractivity contribution in [2.24, 2.45) is 0 Å². The van der Waals surface area contributed by atoms with Crippen LogP contribution in [0.3, 0.4) is 0 Å². The average molecular weight is 220 g/mol. The third-order valence-electron chi connectivity index (χ3n) is 3.00. The third-order valence-corrected chi connectivity index (χ3v) is 3.00. The first kappa shape index (κ1) is 8.64. The van der Waals surface area contributed by atoms with Gasteiger partial charge in [-0.3, -0.25) is 4.98 Å². The number of fused-ring (bicyclic) bond motifs is 5. The van der Waals surface area contributed by atoms with E-state index in [0.29, 0.717) is 0 Å². The zero-order chi connectivity index (χ0) is 11.2. The lowest BCUT2D eigenvalue weighted by molar-refractivity contribution is 0.883. The molecule has 0 atom stereocenters. The maximum absolute atomic E-state index is 4.45. The molecule has 1 aromatic carbocycles. The van der Waals surface area contributed by atoms with Gasteiger partial charge in [-0.25, -0.2) is 4.52 Å². The molecule has 4 aromatic rings. The van der Waals surface area contributed by atoms with Crippen molar-refractivity contribution < 1.29 is 0 Å². The molecule has 4 rings (SSSR count). The summed E-state index contributed by atoms with van der Waals surface area (Å²) in [5.74, 6) is 0. The highest BCUT2D eigenvalue weighted by molar-refractivity contribution is 6.03. The summed E-state index contributed by atoms with van der Waals surface area (Å²) in [5.41, 5.74) is 2.95. The molecule has 0 fully saturated rings. The fourth-order valence-electron chi connectivity index (χ4n) is 2.21. The minimum atomic E-state index is 0.959. The van der Waals surface area contributed by atoms with Gasteiger partial charge < -0.3 is 0 Å². The molecule has 0 aliphatic carbocycles. The van der Waals surface area contributed by atoms with Crippen LogP contribution in [0.25, 0.3) is 27.3 Å². The van der Waals surface area contributed by atoms with Gasteiger partial charge in [-0.15, -0.1) is 5.10 Å². The lowest BCUT2D eigenvalue weighted by atomic mass is 10.1. The molecule has 17 heavy (non-hydrogen) atoms. The Labute approximate surface area is 96.5 Å². The highest BCUT2D eigenvalue weighted by Crippen LogP contribution is 2.23. The van der Waals surface area contributed by atoms with Crippen LogP contribution in [0, 0.1) is 0 Å². The van der Waals surface area contributed by atoms with Crippen molar-refractivity contribution in [2.75, 3.05) is 0 Å². The van der Waals surface area contributed by atoms with E-state index in [1.807, 2.05) is 16.6 Å². The Hall–Kier alpha value is -2.49. The van der Waals surface area contributed by atoms with Gasteiger partial charge in [-0.05, 0) is 12.1 Å². The van der Waals surface area contributed by atoms with E-state index in [1.165, 1.54) is 0 Å². The molecule has 3 aromatic heterocycles. The summed E-state index contributed by atoms with van der Waals surface area (Å²) in [7, 11) is 0. The maximum atomic E-state index is 4.45. The Morgan fingerprint density at radius 2 is 1.82 bits per heavy atom. The predicted molar refractivity (Wildman–Crippen MR) is 65.8 cm³/mol. The molecule has 0 amide bonds. The van der Waals surface area contributed by atoms with Crippen molar-refractivity contribution in [2.45, 2.75) is 0 Å². The summed E-state index contributed by atoms with van der Waals surface area (Å²) in [6, 6.07) is 12.2. The fraction of sp³-hybridized carbons (Fsp3) is 0. The van der Waals surface area contributed by atoms with Crippen LogP contribution in [-0.4, -0.2) is 19.8 Å². The Kier molecular flexibility index (Phi) is 1.53. The summed E-state index contributed by atoms with van der Waals surface area (Å²) in [6.45, 7) is 0. The van der Waals surface area contributed by atoms with Crippen LogP contribution in [0.1, 0.15) is 0 Å². The monoisotopic (exact) mass is 220 g/mol. The van der Waals surface area contributed by atoms with Crippen LogP contribution < -0.4 is 0 Å². The van der Waals surface area contributed by atoms with E-state index in [-0.39, 0.29) is 0 Å². The molecular weight excluding hydrogens is 212 g/mol. The number of rotatable bonds is 0. The molecule has 0 N–H and O–H groups in total. The minimum absolute atomic E-state index is 0.959. The summed E-state index contributed by atoms with van der Waals surface area (Å²) >= 11 is 0. The molecule has 3 heterocycles. The molecule has 4 heteroatoms. The van der Waals surface area contributed by atoms with Crippen molar-refractivity contribution >= 4 is 27.3 Å². The molecule has 0 spiro atoms. The average Bonchev–Trinajstić information content (AvgIpc) is 2.86. The van der Waals surface area contributed by atoms with E-state index in [2.05, 4.69) is 39.6 Å². The van der Waals surface area contributed by atoms with E-state index >= 15 is 0 Å². The van der Waals surface area contributed by atoms with Gasteiger partial charge in [0.25, 0.3) is 0 Å². The van der Waals surface area contributed by atoms with Crippen LogP contribution in [0.4, 0.5) is 0 Å². The Morgan fingerprint density at radius 1 is 0.941 bits per heavy atom. The highest BCUT2D eigenvalue weighted by atomic mass is 15.4. The molecule has 80 valence electrons. The van der Waals surface area contributed by atoms with Crippen LogP contribution in [-0.2, 0) is 0 Å². The number of hydrogen-bond donors (Lipinski definition) is 0. The number of pyridine rings is 2. The second-order valence-electron chi connectivity index (χ2n) is 3.98. The molecule has 0 radical (unpaired) electrons. The molecule has 0 aliphatic rings. The predicted octanol–water partition coefficient (Wildman–Crippen LogP) is 2.43. The molecule has 4 nitrogen and oxygen atoms in total. The van der Waals surface area contributed by atoms with Gasteiger partial charge >= 0.3 is 0 Å². The van der Waals surface area contributed by atoms with Crippen LogP contribution in [0.2, 0.25) is 0 Å². The van der Waals surface area contributed by atoms with Crippen LogP contribution >= 0.6 is 0 Å². The lowest BCUT2D eigenvalue weighted by Gasteiger charge is -2.04. The zero-order valence-electron chi connectivity index (χ0n) is 8.91. The molecule has 0 saturated heterocycles. The molecule has 0 unspecified atom stereocenters. The minimum Gasteiger partial charge on any atom is -0.254 e. The number of benzene rings is 1.